The predicted molar refractivity (Wildman–Crippen MR) is 143 cm³/mol. The number of fused-ring (bicyclic) bond motifs is 5. The van der Waals surface area contributed by atoms with Crippen LogP contribution in [0.5, 0.6) is 0 Å². The van der Waals surface area contributed by atoms with Crippen LogP contribution >= 0.6 is 0 Å². The maximum atomic E-state index is 15.5. The highest BCUT2D eigenvalue weighted by molar-refractivity contribution is 5.98. The summed E-state index contributed by atoms with van der Waals surface area (Å²) < 4.78 is 23.3. The normalized spacial score (nSPS) is 23.3. The first kappa shape index (κ1) is 24.6. The molecule has 2 aliphatic heterocycles. The van der Waals surface area contributed by atoms with Gasteiger partial charge in [-0.15, -0.1) is 0 Å². The van der Waals surface area contributed by atoms with Crippen molar-refractivity contribution in [3.05, 3.63) is 59.2 Å². The summed E-state index contributed by atoms with van der Waals surface area (Å²) in [6.07, 6.45) is 2.53. The fourth-order valence-electron chi connectivity index (χ4n) is 6.57. The summed E-state index contributed by atoms with van der Waals surface area (Å²) in [5.41, 5.74) is 5.76. The smallest absolute Gasteiger partial charge is 0.335 e. The molecule has 3 aromatic rings. The minimum Gasteiger partial charge on any atom is -0.478 e. The molecule has 37 heavy (non-hydrogen) atoms. The van der Waals surface area contributed by atoms with Gasteiger partial charge in [-0.2, -0.15) is 0 Å². The largest absolute Gasteiger partial charge is 0.478 e. The first-order valence-corrected chi connectivity index (χ1v) is 13.7. The van der Waals surface area contributed by atoms with Crippen molar-refractivity contribution in [1.29, 1.82) is 0 Å². The molecule has 6 nitrogen and oxygen atoms in total. The van der Waals surface area contributed by atoms with E-state index in [0.29, 0.717) is 6.42 Å². The van der Waals surface area contributed by atoms with Gasteiger partial charge in [-0.05, 0) is 36.1 Å². The molecule has 2 fully saturated rings. The van der Waals surface area contributed by atoms with Crippen LogP contribution in [0.4, 0.5) is 4.39 Å². The number of aromatic carboxylic acids is 1. The van der Waals surface area contributed by atoms with Crippen molar-refractivity contribution < 1.29 is 19.0 Å². The van der Waals surface area contributed by atoms with Crippen LogP contribution in [0.1, 0.15) is 53.1 Å². The molecule has 0 amide bonds. The van der Waals surface area contributed by atoms with Gasteiger partial charge in [0.2, 0.25) is 0 Å². The number of morpholine rings is 1. The lowest BCUT2D eigenvalue weighted by Gasteiger charge is -2.32. The van der Waals surface area contributed by atoms with Crippen molar-refractivity contribution in [1.82, 2.24) is 14.4 Å². The molecule has 1 saturated carbocycles. The molecule has 7 heteroatoms. The highest BCUT2D eigenvalue weighted by atomic mass is 19.1. The molecule has 1 aliphatic carbocycles. The third kappa shape index (κ3) is 4.80. The van der Waals surface area contributed by atoms with Crippen LogP contribution in [0.25, 0.3) is 22.2 Å². The maximum Gasteiger partial charge on any atom is 0.335 e. The molecule has 1 aromatic heterocycles. The minimum absolute atomic E-state index is 0.159. The number of rotatable bonds is 5. The number of carbonyl (C=O) groups is 1. The average molecular weight is 506 g/mol. The number of alkyl halides is 1. The number of carboxylic acids is 1. The molecule has 2 atom stereocenters. The number of carboxylic acid groups (broad SMARTS) is 1. The fourth-order valence-corrected chi connectivity index (χ4v) is 6.57. The Labute approximate surface area is 217 Å². The van der Waals surface area contributed by atoms with Gasteiger partial charge in [0.25, 0.3) is 0 Å². The number of hydrogen-bond acceptors (Lipinski definition) is 4. The summed E-state index contributed by atoms with van der Waals surface area (Å²) in [4.78, 5) is 16.9. The number of hydrogen-bond donors (Lipinski definition) is 1. The Kier molecular flexibility index (Phi) is 7.02. The van der Waals surface area contributed by atoms with Gasteiger partial charge in [0, 0.05) is 68.2 Å². The number of nitrogens with zero attached hydrogens (tertiary/aromatic N) is 3. The highest BCUT2D eigenvalue weighted by Crippen LogP contribution is 2.46. The average Bonchev–Trinajstić information content (AvgIpc) is 3.22. The van der Waals surface area contributed by atoms with E-state index in [9.17, 15) is 9.90 Å². The molecule has 196 valence electrons. The van der Waals surface area contributed by atoms with Crippen LogP contribution in [0.3, 0.4) is 0 Å². The van der Waals surface area contributed by atoms with E-state index in [1.807, 2.05) is 6.07 Å². The van der Waals surface area contributed by atoms with Gasteiger partial charge in [-0.3, -0.25) is 9.80 Å². The molecule has 0 unspecified atom stereocenters. The summed E-state index contributed by atoms with van der Waals surface area (Å²) in [7, 11) is 0. The number of ether oxygens (including phenoxy) is 1. The van der Waals surface area contributed by atoms with E-state index in [0.717, 1.165) is 106 Å². The number of benzene rings is 2. The molecule has 3 heterocycles. The maximum absolute atomic E-state index is 15.5. The summed E-state index contributed by atoms with van der Waals surface area (Å²) >= 11 is 0. The van der Waals surface area contributed by atoms with E-state index >= 15 is 4.39 Å². The standard InChI is InChI=1S/C30H36FN3O3/c31-26-8-4-3-7-24(26)28-25-10-9-21(30(35)36)19-27(25)34-14-13-33(12-11-32-15-17-37-18-16-32)20-22-5-1-2-6-23(22)29(28)34/h1-2,5-6,9-10,19,24,26H,3-4,7-8,11-18,20H2,(H,35,36)/t24-,26-/m1/s1. The van der Waals surface area contributed by atoms with Crippen molar-refractivity contribution in [2.24, 2.45) is 0 Å². The molecule has 3 aliphatic rings. The van der Waals surface area contributed by atoms with Crippen molar-refractivity contribution in [3.8, 4) is 11.3 Å². The minimum atomic E-state index is -0.932. The zero-order chi connectivity index (χ0) is 25.4. The van der Waals surface area contributed by atoms with Gasteiger partial charge in [0.1, 0.15) is 6.17 Å². The van der Waals surface area contributed by atoms with E-state index in [1.165, 1.54) is 5.56 Å². The topological polar surface area (TPSA) is 57.9 Å². The lowest BCUT2D eigenvalue weighted by Crippen LogP contribution is -2.42. The molecule has 1 saturated heterocycles. The van der Waals surface area contributed by atoms with Crippen molar-refractivity contribution in [2.45, 2.75) is 50.9 Å². The summed E-state index contributed by atoms with van der Waals surface area (Å²) in [5, 5.41) is 10.8. The summed E-state index contributed by atoms with van der Waals surface area (Å²) in [5.74, 6) is -1.09. The van der Waals surface area contributed by atoms with Gasteiger partial charge in [-0.25, -0.2) is 9.18 Å². The van der Waals surface area contributed by atoms with Crippen LogP contribution in [-0.4, -0.2) is 77.6 Å². The Morgan fingerprint density at radius 3 is 2.57 bits per heavy atom. The SMILES string of the molecule is O=C(O)c1ccc2c([C@@H]3CCCC[C@H]3F)c3n(c2c1)CCN(CCN1CCOCC1)Cc1ccccc1-3. The third-order valence-corrected chi connectivity index (χ3v) is 8.55. The molecule has 2 aromatic carbocycles. The highest BCUT2D eigenvalue weighted by Gasteiger charge is 2.34. The molecule has 0 bridgehead atoms. The zero-order valence-corrected chi connectivity index (χ0v) is 21.4. The molecule has 0 radical (unpaired) electrons. The van der Waals surface area contributed by atoms with Crippen molar-refractivity contribution in [3.63, 3.8) is 0 Å². The van der Waals surface area contributed by atoms with Crippen molar-refractivity contribution >= 4 is 16.9 Å². The van der Waals surface area contributed by atoms with Gasteiger partial charge < -0.3 is 14.4 Å². The van der Waals surface area contributed by atoms with E-state index in [4.69, 9.17) is 4.74 Å². The first-order valence-electron chi connectivity index (χ1n) is 13.7. The van der Waals surface area contributed by atoms with Crippen LogP contribution in [0, 0.1) is 0 Å². The quantitative estimate of drug-likeness (QED) is 0.520. The van der Waals surface area contributed by atoms with Crippen LogP contribution in [0.15, 0.2) is 42.5 Å². The Morgan fingerprint density at radius 2 is 1.76 bits per heavy atom. The Hall–Kier alpha value is -2.74. The lowest BCUT2D eigenvalue weighted by atomic mass is 9.80. The molecular weight excluding hydrogens is 469 g/mol. The first-order chi connectivity index (χ1) is 18.1. The van der Waals surface area contributed by atoms with E-state index < -0.39 is 12.1 Å². The lowest BCUT2D eigenvalue weighted by molar-refractivity contribution is 0.0327. The Balaban J connectivity index is 1.45. The second-order valence-corrected chi connectivity index (χ2v) is 10.7. The Morgan fingerprint density at radius 1 is 0.973 bits per heavy atom. The van der Waals surface area contributed by atoms with E-state index in [1.54, 1.807) is 12.1 Å². The molecule has 6 rings (SSSR count). The second-order valence-electron chi connectivity index (χ2n) is 10.7. The van der Waals surface area contributed by atoms with Gasteiger partial charge in [0.05, 0.1) is 24.5 Å². The summed E-state index contributed by atoms with van der Waals surface area (Å²) in [6, 6.07) is 13.9. The van der Waals surface area contributed by atoms with Crippen molar-refractivity contribution in [2.75, 3.05) is 45.9 Å². The number of halogens is 1. The van der Waals surface area contributed by atoms with Gasteiger partial charge >= 0.3 is 5.97 Å². The Bertz CT molecular complexity index is 1280. The van der Waals surface area contributed by atoms with Crippen LogP contribution < -0.4 is 0 Å². The van der Waals surface area contributed by atoms with E-state index in [-0.39, 0.29) is 11.5 Å². The monoisotopic (exact) mass is 505 g/mol. The molecule has 1 N–H and O–H groups in total. The summed E-state index contributed by atoms with van der Waals surface area (Å²) in [6.45, 7) is 7.97. The zero-order valence-electron chi connectivity index (χ0n) is 21.4. The van der Waals surface area contributed by atoms with Crippen LogP contribution in [-0.2, 0) is 17.8 Å². The predicted octanol–water partition coefficient (Wildman–Crippen LogP) is 5.15. The molecular formula is C30H36FN3O3. The second kappa shape index (κ2) is 10.6. The molecule has 0 spiro atoms. The number of aromatic nitrogens is 1. The van der Waals surface area contributed by atoms with Gasteiger partial charge in [0.15, 0.2) is 0 Å². The fraction of sp³-hybridized carbons (Fsp3) is 0.500. The van der Waals surface area contributed by atoms with E-state index in [2.05, 4.69) is 38.6 Å². The third-order valence-electron chi connectivity index (χ3n) is 8.55. The van der Waals surface area contributed by atoms with Crippen LogP contribution in [0.2, 0.25) is 0 Å². The van der Waals surface area contributed by atoms with Gasteiger partial charge in [-0.1, -0.05) is 43.2 Å².